The lowest BCUT2D eigenvalue weighted by Gasteiger charge is -2.32. The molecule has 0 spiro atoms. The first-order valence-electron chi connectivity index (χ1n) is 7.26. The lowest BCUT2D eigenvalue weighted by atomic mass is 9.94. The van der Waals surface area contributed by atoms with E-state index in [0.717, 1.165) is 34.9 Å². The molecule has 0 radical (unpaired) electrons. The van der Waals surface area contributed by atoms with Crippen LogP contribution in [0.4, 0.5) is 0 Å². The highest BCUT2D eigenvalue weighted by atomic mass is 32.2. The zero-order valence-corrected chi connectivity index (χ0v) is 12.8. The molecule has 0 aliphatic carbocycles. The summed E-state index contributed by atoms with van der Waals surface area (Å²) in [5.74, 6) is 2.58. The number of nitrogens with one attached hydrogen (secondary N) is 1. The molecule has 110 valence electrons. The molecule has 0 amide bonds. The topological polar surface area (TPSA) is 47.6 Å². The summed E-state index contributed by atoms with van der Waals surface area (Å²) in [5.41, 5.74) is 1.10. The summed E-state index contributed by atoms with van der Waals surface area (Å²) < 4.78 is 23.9. The van der Waals surface area contributed by atoms with E-state index in [9.17, 15) is 4.21 Å². The van der Waals surface area contributed by atoms with Gasteiger partial charge in [0, 0.05) is 29.2 Å². The molecule has 3 rings (SSSR count). The maximum atomic E-state index is 12.4. The molecule has 0 fully saturated rings. The van der Waals surface area contributed by atoms with Gasteiger partial charge in [0.1, 0.15) is 0 Å². The van der Waals surface area contributed by atoms with Gasteiger partial charge in [-0.1, -0.05) is 13.8 Å². The smallest absolute Gasteiger partial charge is 0.162 e. The first-order valence-corrected chi connectivity index (χ1v) is 8.58. The van der Waals surface area contributed by atoms with Gasteiger partial charge >= 0.3 is 0 Å². The predicted molar refractivity (Wildman–Crippen MR) is 78.9 cm³/mol. The van der Waals surface area contributed by atoms with Crippen molar-refractivity contribution in [3.8, 4) is 11.5 Å². The van der Waals surface area contributed by atoms with Crippen molar-refractivity contribution in [1.82, 2.24) is 5.32 Å². The zero-order chi connectivity index (χ0) is 14.1. The summed E-state index contributed by atoms with van der Waals surface area (Å²) in [7, 11) is -0.949. The fourth-order valence-corrected chi connectivity index (χ4v) is 4.45. The first kappa shape index (κ1) is 13.9. The SMILES string of the molecule is CCNC1c2cc3c(cc2S(=O)CC1C)OCCCO3. The highest BCUT2D eigenvalue weighted by Gasteiger charge is 2.32. The second kappa shape index (κ2) is 5.74. The van der Waals surface area contributed by atoms with Crippen LogP contribution in [0.3, 0.4) is 0 Å². The Morgan fingerprint density at radius 1 is 1.30 bits per heavy atom. The molecule has 5 heteroatoms. The van der Waals surface area contributed by atoms with Gasteiger partial charge in [-0.05, 0) is 24.1 Å². The van der Waals surface area contributed by atoms with Crippen molar-refractivity contribution in [2.45, 2.75) is 31.2 Å². The van der Waals surface area contributed by atoms with Gasteiger partial charge in [0.15, 0.2) is 11.5 Å². The molecule has 1 N–H and O–H groups in total. The average molecular weight is 295 g/mol. The second-order valence-electron chi connectivity index (χ2n) is 5.41. The number of rotatable bonds is 2. The molecule has 0 bridgehead atoms. The minimum absolute atomic E-state index is 0.241. The van der Waals surface area contributed by atoms with E-state index in [1.54, 1.807) is 0 Å². The molecule has 4 nitrogen and oxygen atoms in total. The standard InChI is InChI=1S/C15H21NO3S/c1-3-16-15-10(2)9-20(17)14-8-13-12(7-11(14)15)18-5-4-6-19-13/h7-8,10,15-16H,3-6,9H2,1-2H3. The van der Waals surface area contributed by atoms with Gasteiger partial charge in [0.2, 0.25) is 0 Å². The van der Waals surface area contributed by atoms with Crippen LogP contribution in [0.15, 0.2) is 17.0 Å². The Kier molecular flexibility index (Phi) is 3.98. The van der Waals surface area contributed by atoms with Crippen LogP contribution in [0.25, 0.3) is 0 Å². The lowest BCUT2D eigenvalue weighted by molar-refractivity contribution is 0.296. The van der Waals surface area contributed by atoms with Crippen molar-refractivity contribution in [2.24, 2.45) is 5.92 Å². The Labute approximate surface area is 122 Å². The molecule has 20 heavy (non-hydrogen) atoms. The third-order valence-electron chi connectivity index (χ3n) is 3.87. The van der Waals surface area contributed by atoms with Gasteiger partial charge < -0.3 is 14.8 Å². The molecule has 3 unspecified atom stereocenters. The summed E-state index contributed by atoms with van der Waals surface area (Å²) in [6.45, 7) is 6.48. The van der Waals surface area contributed by atoms with Crippen molar-refractivity contribution in [2.75, 3.05) is 25.5 Å². The highest BCUT2D eigenvalue weighted by Crippen LogP contribution is 2.41. The molecule has 0 saturated carbocycles. The number of fused-ring (bicyclic) bond motifs is 2. The molecule has 1 aromatic carbocycles. The van der Waals surface area contributed by atoms with Gasteiger partial charge in [0.05, 0.1) is 24.0 Å². The van der Waals surface area contributed by atoms with Gasteiger partial charge in [-0.2, -0.15) is 0 Å². The number of benzene rings is 1. The van der Waals surface area contributed by atoms with Gasteiger partial charge in [-0.3, -0.25) is 4.21 Å². The molecular weight excluding hydrogens is 274 g/mol. The zero-order valence-electron chi connectivity index (χ0n) is 12.0. The van der Waals surface area contributed by atoms with E-state index >= 15 is 0 Å². The van der Waals surface area contributed by atoms with Crippen molar-refractivity contribution >= 4 is 10.8 Å². The molecule has 1 aromatic rings. The van der Waals surface area contributed by atoms with E-state index in [0.29, 0.717) is 24.9 Å². The molecule has 0 saturated heterocycles. The minimum Gasteiger partial charge on any atom is -0.490 e. The van der Waals surface area contributed by atoms with Gasteiger partial charge in [0.25, 0.3) is 0 Å². The van der Waals surface area contributed by atoms with E-state index < -0.39 is 10.8 Å². The molecule has 2 aliphatic heterocycles. The summed E-state index contributed by atoms with van der Waals surface area (Å²) in [4.78, 5) is 0.901. The van der Waals surface area contributed by atoms with Crippen molar-refractivity contribution < 1.29 is 13.7 Å². The number of hydrogen-bond donors (Lipinski definition) is 1. The Bertz CT molecular complexity index is 532. The summed E-state index contributed by atoms with van der Waals surface area (Å²) >= 11 is 0. The second-order valence-corrected chi connectivity index (χ2v) is 6.88. The van der Waals surface area contributed by atoms with Crippen molar-refractivity contribution in [1.29, 1.82) is 0 Å². The van der Waals surface area contributed by atoms with Crippen LogP contribution in [0.1, 0.15) is 31.9 Å². The number of ether oxygens (including phenoxy) is 2. The van der Waals surface area contributed by atoms with Gasteiger partial charge in [-0.25, -0.2) is 0 Å². The number of hydrogen-bond acceptors (Lipinski definition) is 4. The highest BCUT2D eigenvalue weighted by molar-refractivity contribution is 7.85. The summed E-state index contributed by atoms with van der Waals surface area (Å²) in [5, 5.41) is 3.50. The van der Waals surface area contributed by atoms with E-state index in [1.807, 2.05) is 12.1 Å². The Balaban J connectivity index is 2.07. The Hall–Kier alpha value is -1.07. The quantitative estimate of drug-likeness (QED) is 0.909. The third kappa shape index (κ3) is 2.44. The molecule has 2 heterocycles. The van der Waals surface area contributed by atoms with Crippen molar-refractivity contribution in [3.63, 3.8) is 0 Å². The minimum atomic E-state index is -0.949. The maximum absolute atomic E-state index is 12.4. The fraction of sp³-hybridized carbons (Fsp3) is 0.600. The maximum Gasteiger partial charge on any atom is 0.162 e. The van der Waals surface area contributed by atoms with Crippen LogP contribution in [0.2, 0.25) is 0 Å². The van der Waals surface area contributed by atoms with E-state index in [2.05, 4.69) is 19.2 Å². The lowest BCUT2D eigenvalue weighted by Crippen LogP contribution is -2.34. The van der Waals surface area contributed by atoms with Crippen LogP contribution < -0.4 is 14.8 Å². The average Bonchev–Trinajstić information content (AvgIpc) is 2.66. The van der Waals surface area contributed by atoms with Crippen LogP contribution in [0, 0.1) is 5.92 Å². The molecule has 3 atom stereocenters. The molecule has 2 aliphatic rings. The van der Waals surface area contributed by atoms with E-state index in [4.69, 9.17) is 9.47 Å². The molecular formula is C15H21NO3S. The van der Waals surface area contributed by atoms with E-state index in [1.165, 1.54) is 0 Å². The summed E-state index contributed by atoms with van der Waals surface area (Å²) in [6.07, 6.45) is 0.884. The largest absolute Gasteiger partial charge is 0.490 e. The monoisotopic (exact) mass is 295 g/mol. The summed E-state index contributed by atoms with van der Waals surface area (Å²) in [6, 6.07) is 4.18. The predicted octanol–water partition coefficient (Wildman–Crippen LogP) is 2.26. The Morgan fingerprint density at radius 3 is 2.70 bits per heavy atom. The van der Waals surface area contributed by atoms with Crippen molar-refractivity contribution in [3.05, 3.63) is 17.7 Å². The van der Waals surface area contributed by atoms with E-state index in [-0.39, 0.29) is 6.04 Å². The van der Waals surface area contributed by atoms with Gasteiger partial charge in [-0.15, -0.1) is 0 Å². The molecule has 0 aromatic heterocycles. The van der Waals surface area contributed by atoms with Crippen LogP contribution in [-0.4, -0.2) is 29.7 Å². The van der Waals surface area contributed by atoms with Crippen LogP contribution >= 0.6 is 0 Å². The van der Waals surface area contributed by atoms with Crippen LogP contribution in [-0.2, 0) is 10.8 Å². The first-order chi connectivity index (χ1) is 9.70. The normalized spacial score (nSPS) is 28.6. The van der Waals surface area contributed by atoms with Crippen LogP contribution in [0.5, 0.6) is 11.5 Å². The third-order valence-corrected chi connectivity index (χ3v) is 5.54. The fourth-order valence-electron chi connectivity index (χ4n) is 2.91. The Morgan fingerprint density at radius 2 is 2.00 bits per heavy atom.